The van der Waals surface area contributed by atoms with Gasteiger partial charge < -0.3 is 10.6 Å². The van der Waals surface area contributed by atoms with E-state index in [1.807, 2.05) is 6.07 Å². The molecule has 28 heavy (non-hydrogen) atoms. The second kappa shape index (κ2) is 10.3. The van der Waals surface area contributed by atoms with E-state index in [2.05, 4.69) is 20.8 Å². The number of anilines is 2. The standard InChI is InChI=1S/C20H25FN4O2S/c21-15-6-8-16(9-7-15)22-19(26)12-28-13-20(27)23-18-11-17(24-25-18)10-14-4-2-1-3-5-14/h6-9,11,14H,1-5,10,12-13H2,(H,22,26)(H2,23,24,25,27). The Morgan fingerprint density at radius 1 is 1.07 bits per heavy atom. The summed E-state index contributed by atoms with van der Waals surface area (Å²) in [6.45, 7) is 0. The van der Waals surface area contributed by atoms with E-state index in [0.717, 1.165) is 12.1 Å². The molecule has 3 rings (SSSR count). The lowest BCUT2D eigenvalue weighted by molar-refractivity contribution is -0.114. The van der Waals surface area contributed by atoms with Crippen LogP contribution in [-0.4, -0.2) is 33.5 Å². The zero-order valence-electron chi connectivity index (χ0n) is 15.7. The molecule has 1 saturated carbocycles. The third-order valence-corrected chi connectivity index (χ3v) is 5.66. The van der Waals surface area contributed by atoms with Crippen LogP contribution in [0.1, 0.15) is 37.8 Å². The predicted octanol–water partition coefficient (Wildman–Crippen LogP) is 3.98. The molecule has 0 aliphatic heterocycles. The van der Waals surface area contributed by atoms with Crippen LogP contribution < -0.4 is 10.6 Å². The molecule has 0 unspecified atom stereocenters. The quantitative estimate of drug-likeness (QED) is 0.621. The molecule has 1 aliphatic rings. The zero-order valence-corrected chi connectivity index (χ0v) is 16.5. The molecule has 1 aliphatic carbocycles. The number of hydrogen-bond donors (Lipinski definition) is 3. The van der Waals surface area contributed by atoms with E-state index in [0.29, 0.717) is 17.4 Å². The van der Waals surface area contributed by atoms with Gasteiger partial charge in [-0.3, -0.25) is 14.7 Å². The predicted molar refractivity (Wildman–Crippen MR) is 110 cm³/mol. The lowest BCUT2D eigenvalue weighted by Crippen LogP contribution is -2.18. The van der Waals surface area contributed by atoms with Gasteiger partial charge in [0.25, 0.3) is 0 Å². The highest BCUT2D eigenvalue weighted by molar-refractivity contribution is 8.00. The summed E-state index contributed by atoms with van der Waals surface area (Å²) in [5, 5.41) is 12.6. The first-order valence-corrected chi connectivity index (χ1v) is 10.7. The summed E-state index contributed by atoms with van der Waals surface area (Å²) in [6, 6.07) is 7.43. The van der Waals surface area contributed by atoms with Gasteiger partial charge >= 0.3 is 0 Å². The topological polar surface area (TPSA) is 86.9 Å². The molecule has 6 nitrogen and oxygen atoms in total. The number of nitrogens with one attached hydrogen (secondary N) is 3. The normalized spacial score (nSPS) is 14.6. The van der Waals surface area contributed by atoms with Crippen LogP contribution in [0.5, 0.6) is 0 Å². The van der Waals surface area contributed by atoms with E-state index in [1.54, 1.807) is 0 Å². The van der Waals surface area contributed by atoms with E-state index in [9.17, 15) is 14.0 Å². The van der Waals surface area contributed by atoms with Gasteiger partial charge in [-0.05, 0) is 36.6 Å². The number of nitrogens with zero attached hydrogens (tertiary/aromatic N) is 1. The van der Waals surface area contributed by atoms with E-state index < -0.39 is 0 Å². The van der Waals surface area contributed by atoms with Crippen LogP contribution in [0.2, 0.25) is 0 Å². The van der Waals surface area contributed by atoms with Crippen molar-refractivity contribution in [2.24, 2.45) is 5.92 Å². The van der Waals surface area contributed by atoms with Gasteiger partial charge in [-0.25, -0.2) is 4.39 Å². The highest BCUT2D eigenvalue weighted by atomic mass is 32.2. The smallest absolute Gasteiger partial charge is 0.235 e. The van der Waals surface area contributed by atoms with E-state index >= 15 is 0 Å². The Hall–Kier alpha value is -2.35. The minimum Gasteiger partial charge on any atom is -0.325 e. The van der Waals surface area contributed by atoms with Crippen molar-refractivity contribution in [1.82, 2.24) is 10.2 Å². The number of thioether (sulfide) groups is 1. The maximum absolute atomic E-state index is 12.8. The first-order chi connectivity index (χ1) is 13.6. The molecular weight excluding hydrogens is 379 g/mol. The fourth-order valence-corrected chi connectivity index (χ4v) is 4.00. The van der Waals surface area contributed by atoms with Gasteiger partial charge in [0, 0.05) is 17.4 Å². The highest BCUT2D eigenvalue weighted by Gasteiger charge is 2.15. The van der Waals surface area contributed by atoms with Crippen LogP contribution >= 0.6 is 11.8 Å². The van der Waals surface area contributed by atoms with Gasteiger partial charge in [-0.15, -0.1) is 11.8 Å². The number of carbonyl (C=O) groups is 2. The first kappa shape index (κ1) is 20.4. The van der Waals surface area contributed by atoms with Gasteiger partial charge in [0.2, 0.25) is 11.8 Å². The number of benzene rings is 1. The molecular formula is C20H25FN4O2S. The lowest BCUT2D eigenvalue weighted by atomic mass is 9.86. The SMILES string of the molecule is O=C(CSCC(=O)Nc1cc(CC2CCCCC2)[nH]n1)Nc1ccc(F)cc1. The van der Waals surface area contributed by atoms with Crippen molar-refractivity contribution in [1.29, 1.82) is 0 Å². The van der Waals surface area contributed by atoms with Gasteiger partial charge in [-0.1, -0.05) is 32.1 Å². The second-order valence-electron chi connectivity index (χ2n) is 7.08. The van der Waals surface area contributed by atoms with Crippen molar-refractivity contribution in [2.45, 2.75) is 38.5 Å². The van der Waals surface area contributed by atoms with Crippen molar-refractivity contribution >= 4 is 35.1 Å². The molecule has 0 atom stereocenters. The number of aromatic amines is 1. The first-order valence-electron chi connectivity index (χ1n) is 9.56. The third-order valence-electron chi connectivity index (χ3n) is 4.73. The number of carbonyl (C=O) groups excluding carboxylic acids is 2. The highest BCUT2D eigenvalue weighted by Crippen LogP contribution is 2.26. The third kappa shape index (κ3) is 6.67. The molecule has 1 heterocycles. The fraction of sp³-hybridized carbons (Fsp3) is 0.450. The molecule has 1 fully saturated rings. The van der Waals surface area contributed by atoms with Crippen LogP contribution in [0, 0.1) is 11.7 Å². The molecule has 0 saturated heterocycles. The van der Waals surface area contributed by atoms with Crippen LogP contribution in [0.4, 0.5) is 15.9 Å². The molecule has 0 radical (unpaired) electrons. The van der Waals surface area contributed by atoms with Crippen molar-refractivity contribution < 1.29 is 14.0 Å². The van der Waals surface area contributed by atoms with E-state index in [4.69, 9.17) is 0 Å². The molecule has 1 aromatic carbocycles. The Labute approximate surface area is 168 Å². The van der Waals surface area contributed by atoms with Crippen molar-refractivity contribution in [3.05, 3.63) is 41.8 Å². The Bertz CT molecular complexity index is 788. The second-order valence-corrected chi connectivity index (χ2v) is 8.07. The number of H-pyrrole nitrogens is 1. The summed E-state index contributed by atoms with van der Waals surface area (Å²) in [4.78, 5) is 23.9. The molecule has 2 amide bonds. The molecule has 0 bridgehead atoms. The molecule has 1 aromatic heterocycles. The number of aromatic nitrogens is 2. The lowest BCUT2D eigenvalue weighted by Gasteiger charge is -2.20. The number of amides is 2. The number of hydrogen-bond acceptors (Lipinski definition) is 4. The van der Waals surface area contributed by atoms with Crippen LogP contribution in [0.15, 0.2) is 30.3 Å². The molecule has 3 N–H and O–H groups in total. The average molecular weight is 405 g/mol. The van der Waals surface area contributed by atoms with Crippen LogP contribution in [0.25, 0.3) is 0 Å². The van der Waals surface area contributed by atoms with Crippen molar-refractivity contribution in [3.63, 3.8) is 0 Å². The summed E-state index contributed by atoms with van der Waals surface area (Å²) < 4.78 is 12.8. The minimum absolute atomic E-state index is 0.137. The fourth-order valence-electron chi connectivity index (χ4n) is 3.38. The maximum atomic E-state index is 12.8. The molecule has 0 spiro atoms. The minimum atomic E-state index is -0.357. The Kier molecular flexibility index (Phi) is 7.47. The summed E-state index contributed by atoms with van der Waals surface area (Å²) in [7, 11) is 0. The zero-order chi connectivity index (χ0) is 19.8. The molecule has 150 valence electrons. The molecule has 2 aromatic rings. The number of halogens is 1. The van der Waals surface area contributed by atoms with Crippen LogP contribution in [-0.2, 0) is 16.0 Å². The van der Waals surface area contributed by atoms with Crippen molar-refractivity contribution in [3.8, 4) is 0 Å². The van der Waals surface area contributed by atoms with Gasteiger partial charge in [0.15, 0.2) is 5.82 Å². The summed E-state index contributed by atoms with van der Waals surface area (Å²) in [5.74, 6) is 0.721. The summed E-state index contributed by atoms with van der Waals surface area (Å²) >= 11 is 1.21. The molecule has 8 heteroatoms. The number of rotatable bonds is 8. The van der Waals surface area contributed by atoms with Crippen LogP contribution in [0.3, 0.4) is 0 Å². The van der Waals surface area contributed by atoms with Gasteiger partial charge in [-0.2, -0.15) is 5.10 Å². The Morgan fingerprint density at radius 3 is 2.46 bits per heavy atom. The maximum Gasteiger partial charge on any atom is 0.235 e. The van der Waals surface area contributed by atoms with Gasteiger partial charge in [0.1, 0.15) is 5.82 Å². The Morgan fingerprint density at radius 2 is 1.75 bits per heavy atom. The Balaban J connectivity index is 1.35. The van der Waals surface area contributed by atoms with E-state index in [-0.39, 0.29) is 29.1 Å². The van der Waals surface area contributed by atoms with Gasteiger partial charge in [0.05, 0.1) is 11.5 Å². The average Bonchev–Trinajstić information content (AvgIpc) is 3.11. The van der Waals surface area contributed by atoms with Crippen molar-refractivity contribution in [2.75, 3.05) is 22.1 Å². The van der Waals surface area contributed by atoms with E-state index in [1.165, 1.54) is 68.1 Å². The largest absolute Gasteiger partial charge is 0.325 e. The monoisotopic (exact) mass is 404 g/mol. The summed E-state index contributed by atoms with van der Waals surface area (Å²) in [6.07, 6.45) is 7.43. The summed E-state index contributed by atoms with van der Waals surface area (Å²) in [5.41, 5.74) is 1.58.